The number of aryl methyl sites for hydroxylation is 1. The molecule has 1 N–H and O–H groups in total. The summed E-state index contributed by atoms with van der Waals surface area (Å²) in [4.78, 5) is 4.56. The lowest BCUT2D eigenvalue weighted by Crippen LogP contribution is -2.20. The van der Waals surface area contributed by atoms with Crippen molar-refractivity contribution >= 4 is 0 Å². The molecule has 0 saturated carbocycles. The van der Waals surface area contributed by atoms with Gasteiger partial charge in [0.2, 0.25) is 0 Å². The van der Waals surface area contributed by atoms with Crippen LogP contribution in [0, 0.1) is 0 Å². The Hall–Kier alpha value is -1.67. The highest BCUT2D eigenvalue weighted by atomic mass is 14.9. The second kappa shape index (κ2) is 7.94. The van der Waals surface area contributed by atoms with E-state index in [1.165, 1.54) is 16.7 Å². The maximum atomic E-state index is 4.56. The molecule has 2 aromatic rings. The summed E-state index contributed by atoms with van der Waals surface area (Å²) in [6.45, 7) is 7.55. The highest BCUT2D eigenvalue weighted by Crippen LogP contribution is 2.19. The van der Waals surface area contributed by atoms with E-state index in [1.807, 2.05) is 6.20 Å². The molecule has 21 heavy (non-hydrogen) atoms. The molecule has 1 aromatic heterocycles. The molecule has 1 atom stereocenters. The number of aromatic nitrogens is 1. The van der Waals surface area contributed by atoms with E-state index in [0.717, 1.165) is 31.5 Å². The Morgan fingerprint density at radius 3 is 2.52 bits per heavy atom. The van der Waals surface area contributed by atoms with E-state index in [4.69, 9.17) is 0 Å². The van der Waals surface area contributed by atoms with Gasteiger partial charge in [0.1, 0.15) is 0 Å². The molecular formula is C19H26N2. The van der Waals surface area contributed by atoms with Gasteiger partial charge in [-0.1, -0.05) is 51.1 Å². The Kier molecular flexibility index (Phi) is 5.94. The molecule has 2 rings (SSSR count). The lowest BCUT2D eigenvalue weighted by atomic mass is 9.99. The molecule has 0 spiro atoms. The first-order chi connectivity index (χ1) is 10.3. The Balaban J connectivity index is 2.12. The van der Waals surface area contributed by atoms with Gasteiger partial charge >= 0.3 is 0 Å². The third kappa shape index (κ3) is 4.40. The normalized spacial score (nSPS) is 12.3. The quantitative estimate of drug-likeness (QED) is 0.819. The monoisotopic (exact) mass is 282 g/mol. The van der Waals surface area contributed by atoms with Crippen LogP contribution in [-0.4, -0.2) is 11.5 Å². The SMILES string of the molecule is CCNC(CC)c1cccc(Cc2ccc(CC)cn2)c1. The van der Waals surface area contributed by atoms with Crippen molar-refractivity contribution in [1.82, 2.24) is 10.3 Å². The molecule has 2 nitrogen and oxygen atoms in total. The second-order valence-corrected chi connectivity index (χ2v) is 5.45. The molecule has 2 heteroatoms. The summed E-state index contributed by atoms with van der Waals surface area (Å²) in [5.74, 6) is 0. The minimum absolute atomic E-state index is 0.449. The van der Waals surface area contributed by atoms with Gasteiger partial charge in [0.25, 0.3) is 0 Å². The number of nitrogens with one attached hydrogen (secondary N) is 1. The van der Waals surface area contributed by atoms with Crippen LogP contribution in [0.4, 0.5) is 0 Å². The van der Waals surface area contributed by atoms with Crippen molar-refractivity contribution in [3.05, 3.63) is 65.0 Å². The van der Waals surface area contributed by atoms with Gasteiger partial charge in [-0.3, -0.25) is 4.98 Å². The number of pyridine rings is 1. The third-order valence-corrected chi connectivity index (χ3v) is 3.89. The second-order valence-electron chi connectivity index (χ2n) is 5.45. The Morgan fingerprint density at radius 1 is 1.05 bits per heavy atom. The Morgan fingerprint density at radius 2 is 1.90 bits per heavy atom. The van der Waals surface area contributed by atoms with Crippen LogP contribution in [0.2, 0.25) is 0 Å². The van der Waals surface area contributed by atoms with Crippen LogP contribution < -0.4 is 5.32 Å². The molecule has 0 saturated heterocycles. The van der Waals surface area contributed by atoms with Crippen LogP contribution in [0.5, 0.6) is 0 Å². The molecule has 0 radical (unpaired) electrons. The summed E-state index contributed by atoms with van der Waals surface area (Å²) in [5.41, 5.74) is 5.15. The van der Waals surface area contributed by atoms with Crippen molar-refractivity contribution in [3.8, 4) is 0 Å². The van der Waals surface area contributed by atoms with Crippen LogP contribution in [-0.2, 0) is 12.8 Å². The van der Waals surface area contributed by atoms with Gasteiger partial charge in [-0.25, -0.2) is 0 Å². The first-order valence-corrected chi connectivity index (χ1v) is 8.02. The zero-order valence-electron chi connectivity index (χ0n) is 13.4. The largest absolute Gasteiger partial charge is 0.310 e. The first-order valence-electron chi connectivity index (χ1n) is 8.02. The van der Waals surface area contributed by atoms with E-state index in [2.05, 4.69) is 67.5 Å². The molecule has 0 aliphatic carbocycles. The van der Waals surface area contributed by atoms with Gasteiger partial charge in [0.05, 0.1) is 0 Å². The number of hydrogen-bond donors (Lipinski definition) is 1. The van der Waals surface area contributed by atoms with E-state index in [1.54, 1.807) is 0 Å². The van der Waals surface area contributed by atoms with Crippen molar-refractivity contribution in [2.24, 2.45) is 0 Å². The number of benzene rings is 1. The number of hydrogen-bond acceptors (Lipinski definition) is 2. The molecule has 1 aromatic carbocycles. The predicted molar refractivity (Wildman–Crippen MR) is 89.6 cm³/mol. The molecule has 0 amide bonds. The van der Waals surface area contributed by atoms with E-state index in [0.29, 0.717) is 6.04 Å². The fourth-order valence-corrected chi connectivity index (χ4v) is 2.64. The van der Waals surface area contributed by atoms with Crippen molar-refractivity contribution in [3.63, 3.8) is 0 Å². The topological polar surface area (TPSA) is 24.9 Å². The lowest BCUT2D eigenvalue weighted by molar-refractivity contribution is 0.537. The van der Waals surface area contributed by atoms with Crippen LogP contribution in [0.25, 0.3) is 0 Å². The minimum Gasteiger partial charge on any atom is -0.310 e. The van der Waals surface area contributed by atoms with Crippen LogP contribution in [0.15, 0.2) is 42.6 Å². The molecule has 0 bridgehead atoms. The van der Waals surface area contributed by atoms with Gasteiger partial charge in [-0.15, -0.1) is 0 Å². The van der Waals surface area contributed by atoms with Gasteiger partial charge in [-0.2, -0.15) is 0 Å². The number of nitrogens with zero attached hydrogens (tertiary/aromatic N) is 1. The summed E-state index contributed by atoms with van der Waals surface area (Å²) in [6, 6.07) is 13.7. The summed E-state index contributed by atoms with van der Waals surface area (Å²) < 4.78 is 0. The fraction of sp³-hybridized carbons (Fsp3) is 0.421. The highest BCUT2D eigenvalue weighted by Gasteiger charge is 2.08. The average molecular weight is 282 g/mol. The van der Waals surface area contributed by atoms with Crippen molar-refractivity contribution in [1.29, 1.82) is 0 Å². The molecule has 1 heterocycles. The van der Waals surface area contributed by atoms with Gasteiger partial charge in [0, 0.05) is 24.4 Å². The Labute approximate surface area is 128 Å². The van der Waals surface area contributed by atoms with Crippen molar-refractivity contribution < 1.29 is 0 Å². The van der Waals surface area contributed by atoms with Gasteiger partial charge in [0.15, 0.2) is 0 Å². The van der Waals surface area contributed by atoms with Crippen LogP contribution in [0.1, 0.15) is 55.6 Å². The van der Waals surface area contributed by atoms with Gasteiger partial charge < -0.3 is 5.32 Å². The maximum absolute atomic E-state index is 4.56. The lowest BCUT2D eigenvalue weighted by Gasteiger charge is -2.17. The van der Waals surface area contributed by atoms with E-state index in [9.17, 15) is 0 Å². The van der Waals surface area contributed by atoms with Gasteiger partial charge in [-0.05, 0) is 42.1 Å². The molecule has 0 aliphatic heterocycles. The summed E-state index contributed by atoms with van der Waals surface area (Å²) in [6.07, 6.45) is 5.05. The summed E-state index contributed by atoms with van der Waals surface area (Å²) >= 11 is 0. The van der Waals surface area contributed by atoms with Crippen molar-refractivity contribution in [2.45, 2.75) is 46.1 Å². The maximum Gasteiger partial charge on any atom is 0.0447 e. The van der Waals surface area contributed by atoms with E-state index < -0.39 is 0 Å². The fourth-order valence-electron chi connectivity index (χ4n) is 2.64. The zero-order valence-corrected chi connectivity index (χ0v) is 13.4. The first kappa shape index (κ1) is 15.7. The predicted octanol–water partition coefficient (Wildman–Crippen LogP) is 4.30. The molecule has 0 aliphatic rings. The van der Waals surface area contributed by atoms with Crippen LogP contribution in [0.3, 0.4) is 0 Å². The molecule has 112 valence electrons. The minimum atomic E-state index is 0.449. The zero-order chi connectivity index (χ0) is 15.1. The third-order valence-electron chi connectivity index (χ3n) is 3.89. The summed E-state index contributed by atoms with van der Waals surface area (Å²) in [5, 5.41) is 3.54. The van der Waals surface area contributed by atoms with Crippen LogP contribution >= 0.6 is 0 Å². The smallest absolute Gasteiger partial charge is 0.0447 e. The highest BCUT2D eigenvalue weighted by molar-refractivity contribution is 5.29. The van der Waals surface area contributed by atoms with E-state index >= 15 is 0 Å². The Bertz CT molecular complexity index is 546. The molecule has 1 unspecified atom stereocenters. The molecule has 0 fully saturated rings. The van der Waals surface area contributed by atoms with E-state index in [-0.39, 0.29) is 0 Å². The number of rotatable bonds is 7. The molecular weight excluding hydrogens is 256 g/mol. The summed E-state index contributed by atoms with van der Waals surface area (Å²) in [7, 11) is 0. The van der Waals surface area contributed by atoms with Crippen molar-refractivity contribution in [2.75, 3.05) is 6.54 Å². The standard InChI is InChI=1S/C19H26N2/c1-4-15-10-11-18(21-14-15)13-16-8-7-9-17(12-16)19(5-2)20-6-3/h7-12,14,19-20H,4-6,13H2,1-3H3. The average Bonchev–Trinajstić information content (AvgIpc) is 2.53.